The first-order valence-electron chi connectivity index (χ1n) is 9.12. The van der Waals surface area contributed by atoms with Crippen LogP contribution in [-0.4, -0.2) is 33.6 Å². The number of nitrogens with one attached hydrogen (secondary N) is 1. The molecule has 6 heteroatoms. The molecule has 0 saturated carbocycles. The molecule has 0 bridgehead atoms. The number of thiophene rings is 1. The fraction of sp³-hybridized carbons (Fsp3) is 0.579. The van der Waals surface area contributed by atoms with Crippen molar-refractivity contribution in [3.05, 3.63) is 40.6 Å². The van der Waals surface area contributed by atoms with E-state index in [1.54, 1.807) is 11.3 Å². The van der Waals surface area contributed by atoms with Crippen LogP contribution in [0.15, 0.2) is 29.9 Å². The van der Waals surface area contributed by atoms with E-state index in [9.17, 15) is 4.79 Å². The van der Waals surface area contributed by atoms with Crippen molar-refractivity contribution in [2.45, 2.75) is 58.0 Å². The van der Waals surface area contributed by atoms with Gasteiger partial charge in [0, 0.05) is 42.3 Å². The van der Waals surface area contributed by atoms with Crippen LogP contribution >= 0.6 is 11.3 Å². The second kappa shape index (κ2) is 7.60. The highest BCUT2D eigenvalue weighted by Gasteiger charge is 2.32. The van der Waals surface area contributed by atoms with Gasteiger partial charge in [0.15, 0.2) is 0 Å². The third kappa shape index (κ3) is 3.89. The summed E-state index contributed by atoms with van der Waals surface area (Å²) in [6, 6.07) is 4.31. The third-order valence-corrected chi connectivity index (χ3v) is 6.26. The Morgan fingerprint density at radius 3 is 3.00 bits per heavy atom. The molecule has 5 nitrogen and oxygen atoms in total. The van der Waals surface area contributed by atoms with Crippen LogP contribution in [0.5, 0.6) is 0 Å². The quantitative estimate of drug-likeness (QED) is 0.869. The molecule has 25 heavy (non-hydrogen) atoms. The number of aryl methyl sites for hydroxylation is 1. The molecule has 2 amide bonds. The lowest BCUT2D eigenvalue weighted by molar-refractivity contribution is 0.144. The first-order chi connectivity index (χ1) is 12.0. The van der Waals surface area contributed by atoms with Crippen LogP contribution in [0, 0.1) is 0 Å². The number of carbonyl (C=O) groups excluding carboxylic acids is 1. The maximum Gasteiger partial charge on any atom is 0.318 e. The van der Waals surface area contributed by atoms with Gasteiger partial charge in [-0.15, -0.1) is 11.3 Å². The van der Waals surface area contributed by atoms with Crippen molar-refractivity contribution in [3.63, 3.8) is 0 Å². The fourth-order valence-electron chi connectivity index (χ4n) is 3.48. The number of hydrogen-bond donors (Lipinski definition) is 1. The minimum absolute atomic E-state index is 0.0278. The second-order valence-electron chi connectivity index (χ2n) is 7.30. The Labute approximate surface area is 154 Å². The molecule has 0 aromatic carbocycles. The largest absolute Gasteiger partial charge is 0.337 e. The molecule has 0 aliphatic carbocycles. The van der Waals surface area contributed by atoms with Crippen molar-refractivity contribution in [1.29, 1.82) is 0 Å². The van der Waals surface area contributed by atoms with Gasteiger partial charge < -0.3 is 14.8 Å². The van der Waals surface area contributed by atoms with Crippen LogP contribution in [-0.2, 0) is 12.0 Å². The number of imidazole rings is 1. The summed E-state index contributed by atoms with van der Waals surface area (Å²) in [5, 5.41) is 5.25. The summed E-state index contributed by atoms with van der Waals surface area (Å²) in [4.78, 5) is 20.7. The molecule has 2 aromatic rings. The number of carbonyl (C=O) groups is 1. The van der Waals surface area contributed by atoms with Crippen molar-refractivity contribution >= 4 is 17.4 Å². The molecule has 3 heterocycles. The normalized spacial score (nSPS) is 18.4. The summed E-state index contributed by atoms with van der Waals surface area (Å²) >= 11 is 1.74. The fourth-order valence-corrected chi connectivity index (χ4v) is 4.33. The van der Waals surface area contributed by atoms with Gasteiger partial charge in [0.1, 0.15) is 5.82 Å². The Balaban J connectivity index is 1.69. The molecule has 1 N–H and O–H groups in total. The van der Waals surface area contributed by atoms with Gasteiger partial charge in [0.2, 0.25) is 0 Å². The highest BCUT2D eigenvalue weighted by atomic mass is 32.1. The highest BCUT2D eigenvalue weighted by molar-refractivity contribution is 7.10. The SMILES string of the molecule is CCn1ccnc1C1CCCCN1C(=O)NCC(C)(C)c1cccs1. The summed E-state index contributed by atoms with van der Waals surface area (Å²) in [7, 11) is 0. The Kier molecular flexibility index (Phi) is 5.47. The van der Waals surface area contributed by atoms with E-state index < -0.39 is 0 Å². The van der Waals surface area contributed by atoms with E-state index in [2.05, 4.69) is 53.2 Å². The molecule has 1 aliphatic heterocycles. The van der Waals surface area contributed by atoms with Crippen molar-refractivity contribution < 1.29 is 4.79 Å². The third-order valence-electron chi connectivity index (χ3n) is 5.02. The highest BCUT2D eigenvalue weighted by Crippen LogP contribution is 2.31. The number of rotatable bonds is 5. The van der Waals surface area contributed by atoms with E-state index >= 15 is 0 Å². The van der Waals surface area contributed by atoms with Crippen LogP contribution in [0.1, 0.15) is 56.8 Å². The van der Waals surface area contributed by atoms with Gasteiger partial charge >= 0.3 is 6.03 Å². The zero-order valence-electron chi connectivity index (χ0n) is 15.4. The Morgan fingerprint density at radius 2 is 2.28 bits per heavy atom. The van der Waals surface area contributed by atoms with Crippen molar-refractivity contribution in [1.82, 2.24) is 19.8 Å². The van der Waals surface area contributed by atoms with Crippen molar-refractivity contribution in [3.8, 4) is 0 Å². The zero-order chi connectivity index (χ0) is 17.9. The average Bonchev–Trinajstić information content (AvgIpc) is 3.31. The number of nitrogens with zero attached hydrogens (tertiary/aromatic N) is 3. The molecule has 3 rings (SSSR count). The lowest BCUT2D eigenvalue weighted by atomic mass is 9.91. The van der Waals surface area contributed by atoms with Gasteiger partial charge in [-0.3, -0.25) is 0 Å². The predicted octanol–water partition coefficient (Wildman–Crippen LogP) is 4.18. The first-order valence-corrected chi connectivity index (χ1v) is 10.0. The Morgan fingerprint density at radius 1 is 1.44 bits per heavy atom. The minimum Gasteiger partial charge on any atom is -0.337 e. The summed E-state index contributed by atoms with van der Waals surface area (Å²) < 4.78 is 2.14. The summed E-state index contributed by atoms with van der Waals surface area (Å²) in [6.45, 7) is 8.78. The number of amides is 2. The van der Waals surface area contributed by atoms with E-state index in [0.29, 0.717) is 6.54 Å². The molecule has 0 radical (unpaired) electrons. The smallest absolute Gasteiger partial charge is 0.318 e. The van der Waals surface area contributed by atoms with Crippen LogP contribution in [0.2, 0.25) is 0 Å². The summed E-state index contributed by atoms with van der Waals surface area (Å²) in [5.74, 6) is 1.01. The van der Waals surface area contributed by atoms with Gasteiger partial charge in [-0.05, 0) is 37.6 Å². The van der Waals surface area contributed by atoms with Gasteiger partial charge in [-0.1, -0.05) is 19.9 Å². The van der Waals surface area contributed by atoms with Crippen molar-refractivity contribution in [2.24, 2.45) is 0 Å². The monoisotopic (exact) mass is 360 g/mol. The van der Waals surface area contributed by atoms with E-state index in [-0.39, 0.29) is 17.5 Å². The zero-order valence-corrected chi connectivity index (χ0v) is 16.2. The summed E-state index contributed by atoms with van der Waals surface area (Å²) in [5.41, 5.74) is -0.0585. The Hall–Kier alpha value is -1.82. The van der Waals surface area contributed by atoms with Gasteiger partial charge in [0.05, 0.1) is 6.04 Å². The predicted molar refractivity (Wildman–Crippen MR) is 102 cm³/mol. The number of piperidine rings is 1. The van der Waals surface area contributed by atoms with Crippen LogP contribution < -0.4 is 5.32 Å². The van der Waals surface area contributed by atoms with Gasteiger partial charge in [-0.2, -0.15) is 0 Å². The number of aromatic nitrogens is 2. The first kappa shape index (κ1) is 18.0. The van der Waals surface area contributed by atoms with Gasteiger partial charge in [0.25, 0.3) is 0 Å². The van der Waals surface area contributed by atoms with E-state index in [0.717, 1.165) is 38.2 Å². The average molecular weight is 361 g/mol. The number of likely N-dealkylation sites (tertiary alicyclic amines) is 1. The van der Waals surface area contributed by atoms with E-state index in [4.69, 9.17) is 0 Å². The molecular weight excluding hydrogens is 332 g/mol. The second-order valence-corrected chi connectivity index (χ2v) is 8.24. The van der Waals surface area contributed by atoms with E-state index in [1.807, 2.05) is 17.3 Å². The lowest BCUT2D eigenvalue weighted by Crippen LogP contribution is -2.48. The van der Waals surface area contributed by atoms with E-state index in [1.165, 1.54) is 4.88 Å². The molecule has 136 valence electrons. The molecule has 0 spiro atoms. The van der Waals surface area contributed by atoms with Crippen LogP contribution in [0.4, 0.5) is 4.79 Å². The Bertz CT molecular complexity index is 692. The molecule has 1 unspecified atom stereocenters. The number of urea groups is 1. The number of hydrogen-bond acceptors (Lipinski definition) is 3. The van der Waals surface area contributed by atoms with Gasteiger partial charge in [-0.25, -0.2) is 9.78 Å². The maximum absolute atomic E-state index is 12.9. The lowest BCUT2D eigenvalue weighted by Gasteiger charge is -2.36. The van der Waals surface area contributed by atoms with Crippen LogP contribution in [0.3, 0.4) is 0 Å². The summed E-state index contributed by atoms with van der Waals surface area (Å²) in [6.07, 6.45) is 7.03. The van der Waals surface area contributed by atoms with Crippen LogP contribution in [0.25, 0.3) is 0 Å². The topological polar surface area (TPSA) is 50.2 Å². The molecule has 1 aliphatic rings. The molecule has 1 fully saturated rings. The standard InChI is InChI=1S/C19H28N4OS/c1-4-22-12-10-20-17(22)15-8-5-6-11-23(15)18(24)21-14-19(2,3)16-9-7-13-25-16/h7,9-10,12-13,15H,4-6,8,11,14H2,1-3H3,(H,21,24). The maximum atomic E-state index is 12.9. The minimum atomic E-state index is -0.0585. The van der Waals surface area contributed by atoms with Crippen molar-refractivity contribution in [2.75, 3.05) is 13.1 Å². The molecular formula is C19H28N4OS. The molecule has 1 atom stereocenters. The molecule has 1 saturated heterocycles. The molecule has 2 aromatic heterocycles.